The van der Waals surface area contributed by atoms with Crippen molar-refractivity contribution < 1.29 is 9.47 Å². The number of methoxy groups -OCH3 is 1. The molecule has 2 heterocycles. The van der Waals surface area contributed by atoms with Crippen LogP contribution in [0.3, 0.4) is 0 Å². The Morgan fingerprint density at radius 3 is 2.80 bits per heavy atom. The van der Waals surface area contributed by atoms with Crippen molar-refractivity contribution in [3.63, 3.8) is 0 Å². The van der Waals surface area contributed by atoms with Crippen molar-refractivity contribution >= 4 is 0 Å². The molecule has 0 radical (unpaired) electrons. The smallest absolute Gasteiger partial charge is 0.125 e. The lowest BCUT2D eigenvalue weighted by Crippen LogP contribution is -2.51. The average Bonchev–Trinajstić information content (AvgIpc) is 2.48. The minimum absolute atomic E-state index is 0.0435. The second-order valence-electron chi connectivity index (χ2n) is 5.93. The summed E-state index contributed by atoms with van der Waals surface area (Å²) in [6, 6.07) is 6.00. The Bertz CT molecular complexity index is 481. The zero-order valence-electron chi connectivity index (χ0n) is 12.4. The minimum atomic E-state index is -0.0628. The van der Waals surface area contributed by atoms with Crippen molar-refractivity contribution in [1.29, 1.82) is 0 Å². The molecule has 1 atom stereocenters. The third-order valence-electron chi connectivity index (χ3n) is 4.75. The van der Waals surface area contributed by atoms with Gasteiger partial charge in [-0.2, -0.15) is 0 Å². The highest BCUT2D eigenvalue weighted by molar-refractivity contribution is 5.44. The van der Waals surface area contributed by atoms with Gasteiger partial charge in [0.05, 0.1) is 7.11 Å². The highest BCUT2D eigenvalue weighted by atomic mass is 16.5. The van der Waals surface area contributed by atoms with E-state index in [1.165, 1.54) is 0 Å². The largest absolute Gasteiger partial charge is 0.497 e. The van der Waals surface area contributed by atoms with Gasteiger partial charge in [-0.1, -0.05) is 6.92 Å². The average molecular weight is 276 g/mol. The van der Waals surface area contributed by atoms with Gasteiger partial charge in [0.2, 0.25) is 0 Å². The zero-order chi connectivity index (χ0) is 14.2. The number of rotatable bonds is 2. The van der Waals surface area contributed by atoms with Gasteiger partial charge in [-0.25, -0.2) is 0 Å². The van der Waals surface area contributed by atoms with Crippen LogP contribution in [0.4, 0.5) is 0 Å². The fourth-order valence-electron chi connectivity index (χ4n) is 3.40. The second kappa shape index (κ2) is 5.26. The summed E-state index contributed by atoms with van der Waals surface area (Å²) in [4.78, 5) is 2.48. The van der Waals surface area contributed by atoms with Crippen molar-refractivity contribution in [2.24, 2.45) is 5.73 Å². The molecule has 1 aromatic carbocycles. The van der Waals surface area contributed by atoms with Crippen LogP contribution in [-0.4, -0.2) is 37.2 Å². The third kappa shape index (κ3) is 2.38. The van der Waals surface area contributed by atoms with Crippen LogP contribution in [0.15, 0.2) is 18.2 Å². The van der Waals surface area contributed by atoms with Crippen LogP contribution in [0, 0.1) is 0 Å². The van der Waals surface area contributed by atoms with E-state index in [9.17, 15) is 0 Å². The Morgan fingerprint density at radius 1 is 1.40 bits per heavy atom. The second-order valence-corrected chi connectivity index (χ2v) is 5.93. The van der Waals surface area contributed by atoms with Gasteiger partial charge >= 0.3 is 0 Å². The molecule has 20 heavy (non-hydrogen) atoms. The van der Waals surface area contributed by atoms with Crippen LogP contribution in [-0.2, 0) is 0 Å². The SMILES string of the molecule is CCN1CCC2(CC1)C[C@H](N)c1cc(OC)ccc1O2. The number of nitrogens with zero attached hydrogens (tertiary/aromatic N) is 1. The summed E-state index contributed by atoms with van der Waals surface area (Å²) in [5, 5.41) is 0. The maximum atomic E-state index is 6.39. The zero-order valence-corrected chi connectivity index (χ0v) is 12.4. The van der Waals surface area contributed by atoms with Crippen molar-refractivity contribution in [1.82, 2.24) is 4.90 Å². The molecule has 3 rings (SSSR count). The molecule has 0 aliphatic carbocycles. The molecule has 1 fully saturated rings. The van der Waals surface area contributed by atoms with Crippen LogP contribution in [0.1, 0.15) is 37.8 Å². The first-order valence-corrected chi connectivity index (χ1v) is 7.51. The maximum absolute atomic E-state index is 6.39. The highest BCUT2D eigenvalue weighted by Crippen LogP contribution is 2.44. The number of hydrogen-bond acceptors (Lipinski definition) is 4. The van der Waals surface area contributed by atoms with Gasteiger partial charge in [-0.3, -0.25) is 0 Å². The van der Waals surface area contributed by atoms with E-state index in [1.807, 2.05) is 18.2 Å². The summed E-state index contributed by atoms with van der Waals surface area (Å²) >= 11 is 0. The van der Waals surface area contributed by atoms with Gasteiger partial charge in [0.1, 0.15) is 17.1 Å². The summed E-state index contributed by atoms with van der Waals surface area (Å²) < 4.78 is 11.6. The quantitative estimate of drug-likeness (QED) is 0.900. The fourth-order valence-corrected chi connectivity index (χ4v) is 3.40. The molecule has 0 aromatic heterocycles. The number of ether oxygens (including phenoxy) is 2. The molecule has 0 bridgehead atoms. The number of fused-ring (bicyclic) bond motifs is 1. The van der Waals surface area contributed by atoms with Crippen molar-refractivity contribution in [2.45, 2.75) is 37.8 Å². The molecule has 2 aliphatic heterocycles. The lowest BCUT2D eigenvalue weighted by Gasteiger charge is -2.46. The lowest BCUT2D eigenvalue weighted by molar-refractivity contribution is -0.0206. The molecular formula is C16H24N2O2. The van der Waals surface area contributed by atoms with Gasteiger partial charge in [-0.15, -0.1) is 0 Å². The van der Waals surface area contributed by atoms with E-state index in [0.29, 0.717) is 0 Å². The summed E-state index contributed by atoms with van der Waals surface area (Å²) in [5.74, 6) is 1.79. The number of benzene rings is 1. The highest BCUT2D eigenvalue weighted by Gasteiger charge is 2.42. The summed E-state index contributed by atoms with van der Waals surface area (Å²) in [6.07, 6.45) is 3.05. The molecule has 1 spiro atoms. The molecule has 110 valence electrons. The Kier molecular flexibility index (Phi) is 3.61. The third-order valence-corrected chi connectivity index (χ3v) is 4.75. The summed E-state index contributed by atoms with van der Waals surface area (Å²) in [6.45, 7) is 5.55. The van der Waals surface area contributed by atoms with Crippen molar-refractivity contribution in [3.05, 3.63) is 23.8 Å². The Labute approximate surface area is 120 Å². The van der Waals surface area contributed by atoms with E-state index in [2.05, 4.69) is 11.8 Å². The predicted molar refractivity (Wildman–Crippen MR) is 79.2 cm³/mol. The molecule has 0 unspecified atom stereocenters. The lowest BCUT2D eigenvalue weighted by atomic mass is 9.81. The fraction of sp³-hybridized carbons (Fsp3) is 0.625. The molecular weight excluding hydrogens is 252 g/mol. The van der Waals surface area contributed by atoms with Gasteiger partial charge in [-0.05, 0) is 37.6 Å². The summed E-state index contributed by atoms with van der Waals surface area (Å²) in [7, 11) is 1.68. The van der Waals surface area contributed by atoms with Crippen LogP contribution < -0.4 is 15.2 Å². The number of hydrogen-bond donors (Lipinski definition) is 1. The molecule has 0 saturated carbocycles. The van der Waals surface area contributed by atoms with E-state index in [-0.39, 0.29) is 11.6 Å². The van der Waals surface area contributed by atoms with Gasteiger partial charge in [0.15, 0.2) is 0 Å². The van der Waals surface area contributed by atoms with E-state index in [4.69, 9.17) is 15.2 Å². The van der Waals surface area contributed by atoms with E-state index >= 15 is 0 Å². The molecule has 4 nitrogen and oxygen atoms in total. The van der Waals surface area contributed by atoms with Gasteiger partial charge in [0.25, 0.3) is 0 Å². The number of piperidine rings is 1. The molecule has 0 amide bonds. The van der Waals surface area contributed by atoms with Crippen LogP contribution >= 0.6 is 0 Å². The van der Waals surface area contributed by atoms with E-state index in [0.717, 1.165) is 56.0 Å². The molecule has 2 aliphatic rings. The van der Waals surface area contributed by atoms with Gasteiger partial charge in [0, 0.05) is 31.1 Å². The molecule has 2 N–H and O–H groups in total. The first-order chi connectivity index (χ1) is 9.65. The van der Waals surface area contributed by atoms with Crippen molar-refractivity contribution in [3.8, 4) is 11.5 Å². The monoisotopic (exact) mass is 276 g/mol. The van der Waals surface area contributed by atoms with Crippen LogP contribution in [0.2, 0.25) is 0 Å². The minimum Gasteiger partial charge on any atom is -0.497 e. The van der Waals surface area contributed by atoms with E-state index in [1.54, 1.807) is 7.11 Å². The molecule has 1 aromatic rings. The maximum Gasteiger partial charge on any atom is 0.125 e. The molecule has 4 heteroatoms. The first-order valence-electron chi connectivity index (χ1n) is 7.51. The van der Waals surface area contributed by atoms with Crippen LogP contribution in [0.5, 0.6) is 11.5 Å². The Hall–Kier alpha value is -1.26. The van der Waals surface area contributed by atoms with Gasteiger partial charge < -0.3 is 20.1 Å². The Morgan fingerprint density at radius 2 is 2.15 bits per heavy atom. The standard InChI is InChI=1S/C16H24N2O2/c1-3-18-8-6-16(7-9-18)11-14(17)13-10-12(19-2)4-5-15(13)20-16/h4-5,10,14H,3,6-9,11,17H2,1-2H3/t14-/m0/s1. The number of likely N-dealkylation sites (tertiary alicyclic amines) is 1. The van der Waals surface area contributed by atoms with Crippen molar-refractivity contribution in [2.75, 3.05) is 26.7 Å². The first kappa shape index (κ1) is 13.7. The van der Waals surface area contributed by atoms with E-state index < -0.39 is 0 Å². The Balaban J connectivity index is 1.82. The number of nitrogens with two attached hydrogens (primary N) is 1. The topological polar surface area (TPSA) is 47.7 Å². The predicted octanol–water partition coefficient (Wildman–Crippen LogP) is 2.33. The van der Waals surface area contributed by atoms with Crippen LogP contribution in [0.25, 0.3) is 0 Å². The molecule has 1 saturated heterocycles. The summed E-state index contributed by atoms with van der Waals surface area (Å²) in [5.41, 5.74) is 7.41. The normalized spacial score (nSPS) is 25.1.